The summed E-state index contributed by atoms with van der Waals surface area (Å²) >= 11 is 0. The van der Waals surface area contributed by atoms with Crippen LogP contribution < -0.4 is 16.6 Å². The lowest BCUT2D eigenvalue weighted by molar-refractivity contribution is 0.326. The summed E-state index contributed by atoms with van der Waals surface area (Å²) in [6.07, 6.45) is 3.61. The van der Waals surface area contributed by atoms with Crippen LogP contribution in [0.15, 0.2) is 9.59 Å². The van der Waals surface area contributed by atoms with E-state index in [4.69, 9.17) is 0 Å². The molecule has 1 N–H and O–H groups in total. The predicted octanol–water partition coefficient (Wildman–Crippen LogP) is -0.872. The zero-order valence-corrected chi connectivity index (χ0v) is 11.3. The number of likely N-dealkylation sites (tertiary alicyclic amines) is 1. The molecule has 2 heterocycles. The van der Waals surface area contributed by atoms with Gasteiger partial charge in [-0.1, -0.05) is 0 Å². The average Bonchev–Trinajstić information content (AvgIpc) is 3.14. The maximum atomic E-state index is 12.0. The maximum absolute atomic E-state index is 12.0. The molecule has 7 heteroatoms. The number of aromatic nitrogens is 3. The van der Waals surface area contributed by atoms with Crippen LogP contribution in [0.4, 0.5) is 5.82 Å². The van der Waals surface area contributed by atoms with E-state index in [0.717, 1.165) is 30.1 Å². The van der Waals surface area contributed by atoms with Crippen LogP contribution in [0.25, 0.3) is 0 Å². The summed E-state index contributed by atoms with van der Waals surface area (Å²) in [6.45, 7) is 2.03. The molecule has 0 aromatic carbocycles. The number of hydrogen-bond donors (Lipinski definition) is 1. The number of anilines is 1. The average molecular weight is 265 g/mol. The first-order valence-electron chi connectivity index (χ1n) is 6.71. The first-order valence-corrected chi connectivity index (χ1v) is 6.71. The van der Waals surface area contributed by atoms with Gasteiger partial charge in [0, 0.05) is 39.3 Å². The Kier molecular flexibility index (Phi) is 2.93. The minimum atomic E-state index is -0.401. The van der Waals surface area contributed by atoms with Crippen molar-refractivity contribution < 1.29 is 0 Å². The number of aryl methyl sites for hydroxylation is 1. The Bertz CT molecular complexity index is 601. The molecule has 1 aromatic heterocycles. The first kappa shape index (κ1) is 12.4. The summed E-state index contributed by atoms with van der Waals surface area (Å²) in [4.78, 5) is 26.0. The second-order valence-corrected chi connectivity index (χ2v) is 5.48. The summed E-state index contributed by atoms with van der Waals surface area (Å²) in [5, 5.41) is 7.21. The molecule has 2 fully saturated rings. The lowest BCUT2D eigenvalue weighted by atomic mass is 10.2. The lowest BCUT2D eigenvalue weighted by Crippen LogP contribution is -2.41. The largest absolute Gasteiger partial charge is 0.360 e. The van der Waals surface area contributed by atoms with Gasteiger partial charge >= 0.3 is 5.69 Å². The van der Waals surface area contributed by atoms with Crippen molar-refractivity contribution in [2.24, 2.45) is 14.1 Å². The van der Waals surface area contributed by atoms with Crippen LogP contribution in [-0.2, 0) is 14.1 Å². The summed E-state index contributed by atoms with van der Waals surface area (Å²) in [5.41, 5.74) is -0.755. The van der Waals surface area contributed by atoms with Gasteiger partial charge < -0.3 is 5.32 Å². The van der Waals surface area contributed by atoms with Crippen LogP contribution in [0.2, 0.25) is 0 Å². The minimum Gasteiger partial charge on any atom is -0.360 e. The van der Waals surface area contributed by atoms with Gasteiger partial charge in [-0.15, -0.1) is 5.10 Å². The van der Waals surface area contributed by atoms with Crippen molar-refractivity contribution in [3.8, 4) is 0 Å². The Balaban J connectivity index is 1.77. The van der Waals surface area contributed by atoms with Crippen LogP contribution in [-0.4, -0.2) is 44.4 Å². The number of nitrogens with zero attached hydrogens (tertiary/aromatic N) is 4. The molecule has 1 saturated carbocycles. The molecular weight excluding hydrogens is 246 g/mol. The fourth-order valence-electron chi connectivity index (χ4n) is 2.66. The van der Waals surface area contributed by atoms with Gasteiger partial charge in [0.05, 0.1) is 0 Å². The molecule has 0 radical (unpaired) electrons. The molecular formula is C12H19N5O2. The first-order chi connectivity index (χ1) is 9.06. The van der Waals surface area contributed by atoms with Crippen molar-refractivity contribution in [2.45, 2.75) is 31.3 Å². The molecule has 1 saturated heterocycles. The second-order valence-electron chi connectivity index (χ2n) is 5.48. The number of nitrogens with one attached hydrogen (secondary N) is 1. The minimum absolute atomic E-state index is 0.248. The van der Waals surface area contributed by atoms with E-state index in [1.54, 1.807) is 7.05 Å². The highest BCUT2D eigenvalue weighted by atomic mass is 16.2. The van der Waals surface area contributed by atoms with Crippen LogP contribution >= 0.6 is 0 Å². The quantitative estimate of drug-likeness (QED) is 0.769. The van der Waals surface area contributed by atoms with Crippen LogP contribution in [0.1, 0.15) is 19.3 Å². The third-order valence-electron chi connectivity index (χ3n) is 3.94. The summed E-state index contributed by atoms with van der Waals surface area (Å²) < 4.78 is 2.28. The monoisotopic (exact) mass is 265 g/mol. The number of hydrogen-bond acceptors (Lipinski definition) is 5. The van der Waals surface area contributed by atoms with E-state index in [-0.39, 0.29) is 17.4 Å². The molecule has 19 heavy (non-hydrogen) atoms. The van der Waals surface area contributed by atoms with Crippen molar-refractivity contribution in [3.63, 3.8) is 0 Å². The summed E-state index contributed by atoms with van der Waals surface area (Å²) in [5.74, 6) is 0.271. The topological polar surface area (TPSA) is 72.2 Å². The smallest absolute Gasteiger partial charge is 0.346 e. The van der Waals surface area contributed by atoms with Crippen molar-refractivity contribution in [2.75, 3.05) is 18.4 Å². The van der Waals surface area contributed by atoms with Crippen molar-refractivity contribution >= 4 is 5.82 Å². The van der Waals surface area contributed by atoms with E-state index in [1.165, 1.54) is 24.6 Å². The Morgan fingerprint density at radius 3 is 2.63 bits per heavy atom. The van der Waals surface area contributed by atoms with Gasteiger partial charge in [-0.2, -0.15) is 0 Å². The van der Waals surface area contributed by atoms with E-state index in [9.17, 15) is 9.59 Å². The van der Waals surface area contributed by atoms with Gasteiger partial charge in [0.25, 0.3) is 5.56 Å². The van der Waals surface area contributed by atoms with E-state index < -0.39 is 5.69 Å². The zero-order valence-electron chi connectivity index (χ0n) is 11.3. The molecule has 1 aliphatic heterocycles. The Labute approximate surface area is 110 Å². The van der Waals surface area contributed by atoms with Gasteiger partial charge in [-0.25, -0.2) is 9.48 Å². The SMILES string of the molecule is Cn1nc(NC2CCN(C3CC3)C2)c(=O)n(C)c1=O. The van der Waals surface area contributed by atoms with Gasteiger partial charge in [-0.3, -0.25) is 14.3 Å². The van der Waals surface area contributed by atoms with Gasteiger partial charge in [0.2, 0.25) is 5.82 Å². The molecule has 1 aliphatic carbocycles. The normalized spacial score (nSPS) is 23.8. The fraction of sp³-hybridized carbons (Fsp3) is 0.750. The predicted molar refractivity (Wildman–Crippen MR) is 71.3 cm³/mol. The highest BCUT2D eigenvalue weighted by Crippen LogP contribution is 2.30. The molecule has 104 valence electrons. The number of rotatable bonds is 3. The molecule has 0 amide bonds. The summed E-state index contributed by atoms with van der Waals surface area (Å²) in [7, 11) is 3.03. The Hall–Kier alpha value is -1.63. The molecule has 1 unspecified atom stereocenters. The lowest BCUT2D eigenvalue weighted by Gasteiger charge is -2.16. The third-order valence-corrected chi connectivity index (χ3v) is 3.94. The molecule has 0 bridgehead atoms. The van der Waals surface area contributed by atoms with Gasteiger partial charge in [0.1, 0.15) is 0 Å². The standard InChI is InChI=1S/C12H19N5O2/c1-15-11(18)10(14-16(2)12(15)19)13-8-5-6-17(7-8)9-3-4-9/h8-9H,3-7H2,1-2H3,(H,13,14). The third kappa shape index (κ3) is 2.30. The maximum Gasteiger partial charge on any atom is 0.346 e. The summed E-state index contributed by atoms with van der Waals surface area (Å²) in [6, 6.07) is 1.00. The van der Waals surface area contributed by atoms with E-state index in [2.05, 4.69) is 15.3 Å². The highest BCUT2D eigenvalue weighted by molar-refractivity contribution is 5.31. The van der Waals surface area contributed by atoms with Crippen molar-refractivity contribution in [1.29, 1.82) is 0 Å². The molecule has 0 spiro atoms. The fourth-order valence-corrected chi connectivity index (χ4v) is 2.66. The molecule has 1 aromatic rings. The van der Waals surface area contributed by atoms with Crippen LogP contribution in [0, 0.1) is 0 Å². The molecule has 7 nitrogen and oxygen atoms in total. The molecule has 1 atom stereocenters. The van der Waals surface area contributed by atoms with E-state index in [0.29, 0.717) is 0 Å². The highest BCUT2D eigenvalue weighted by Gasteiger charge is 2.34. The molecule has 2 aliphatic rings. The van der Waals surface area contributed by atoms with Crippen LogP contribution in [0.3, 0.4) is 0 Å². The van der Waals surface area contributed by atoms with E-state index in [1.807, 2.05) is 0 Å². The molecule has 3 rings (SSSR count). The van der Waals surface area contributed by atoms with Crippen molar-refractivity contribution in [3.05, 3.63) is 20.8 Å². The van der Waals surface area contributed by atoms with Gasteiger partial charge in [0.15, 0.2) is 0 Å². The second kappa shape index (κ2) is 4.48. The van der Waals surface area contributed by atoms with Gasteiger partial charge in [-0.05, 0) is 19.3 Å². The van der Waals surface area contributed by atoms with Crippen LogP contribution in [0.5, 0.6) is 0 Å². The van der Waals surface area contributed by atoms with Crippen molar-refractivity contribution in [1.82, 2.24) is 19.2 Å². The Morgan fingerprint density at radius 1 is 1.21 bits per heavy atom. The Morgan fingerprint density at radius 2 is 1.95 bits per heavy atom. The van der Waals surface area contributed by atoms with E-state index >= 15 is 0 Å². The zero-order chi connectivity index (χ0) is 13.6.